The van der Waals surface area contributed by atoms with Gasteiger partial charge in [-0.05, 0) is 81.1 Å². The molecule has 0 aliphatic carbocycles. The average molecular weight is 518 g/mol. The molecular weight excluding hydrogens is 482 g/mol. The maximum absolute atomic E-state index is 11.4. The van der Waals surface area contributed by atoms with Crippen LogP contribution in [0, 0.1) is 13.8 Å². The van der Waals surface area contributed by atoms with Crippen molar-refractivity contribution >= 4 is 11.4 Å². The number of aromatic nitrogens is 1. The lowest BCUT2D eigenvalue weighted by atomic mass is 9.92. The largest absolute Gasteiger partial charge is 0.497 e. The fourth-order valence-corrected chi connectivity index (χ4v) is 5.05. The molecule has 0 bridgehead atoms. The smallest absolute Gasteiger partial charge is 0.156 e. The second kappa shape index (κ2) is 10.9. The lowest BCUT2D eigenvalue weighted by Gasteiger charge is -2.33. The molecule has 8 heteroatoms. The summed E-state index contributed by atoms with van der Waals surface area (Å²) in [5.41, 5.74) is 6.39. The molecule has 2 aromatic carbocycles. The Morgan fingerprint density at radius 1 is 1.11 bits per heavy atom. The van der Waals surface area contributed by atoms with E-state index in [0.717, 1.165) is 36.3 Å². The Morgan fingerprint density at radius 2 is 1.89 bits per heavy atom. The van der Waals surface area contributed by atoms with Crippen LogP contribution in [-0.4, -0.2) is 55.3 Å². The molecule has 0 spiro atoms. The molecule has 0 unspecified atom stereocenters. The van der Waals surface area contributed by atoms with E-state index in [0.29, 0.717) is 35.1 Å². The number of aliphatic hydroxyl groups is 1. The third-order valence-electron chi connectivity index (χ3n) is 7.22. The molecular formula is C30H35N3O5. The molecule has 8 nitrogen and oxygen atoms in total. The van der Waals surface area contributed by atoms with Gasteiger partial charge in [0.25, 0.3) is 0 Å². The number of oxime groups is 1. The molecule has 0 amide bonds. The highest BCUT2D eigenvalue weighted by molar-refractivity contribution is 6.07. The van der Waals surface area contributed by atoms with E-state index >= 15 is 0 Å². The van der Waals surface area contributed by atoms with Crippen LogP contribution in [0.15, 0.2) is 53.7 Å². The van der Waals surface area contributed by atoms with Crippen LogP contribution in [0.25, 0.3) is 0 Å². The van der Waals surface area contributed by atoms with Crippen molar-refractivity contribution in [3.63, 3.8) is 0 Å². The third-order valence-corrected chi connectivity index (χ3v) is 7.22. The number of hydrogen-bond donors (Lipinski definition) is 1. The predicted molar refractivity (Wildman–Crippen MR) is 147 cm³/mol. The van der Waals surface area contributed by atoms with Crippen molar-refractivity contribution in [3.8, 4) is 17.2 Å². The molecule has 1 aromatic heterocycles. The van der Waals surface area contributed by atoms with Crippen LogP contribution in [0.5, 0.6) is 17.2 Å². The van der Waals surface area contributed by atoms with Crippen molar-refractivity contribution in [3.05, 3.63) is 76.6 Å². The zero-order valence-corrected chi connectivity index (χ0v) is 22.6. The fourth-order valence-electron chi connectivity index (χ4n) is 5.05. The first-order chi connectivity index (χ1) is 18.4. The molecule has 3 heterocycles. The highest BCUT2D eigenvalue weighted by Gasteiger charge is 2.37. The van der Waals surface area contributed by atoms with Gasteiger partial charge in [0.1, 0.15) is 35.2 Å². The molecule has 3 atom stereocenters. The number of methoxy groups -OCH3 is 2. The number of anilines is 1. The van der Waals surface area contributed by atoms with E-state index in [1.807, 2.05) is 49.4 Å². The van der Waals surface area contributed by atoms with E-state index in [4.69, 9.17) is 24.0 Å². The van der Waals surface area contributed by atoms with Gasteiger partial charge in [0.05, 0.1) is 32.1 Å². The number of pyridine rings is 1. The summed E-state index contributed by atoms with van der Waals surface area (Å²) in [6.45, 7) is 7.74. The lowest BCUT2D eigenvalue weighted by Crippen LogP contribution is -2.38. The van der Waals surface area contributed by atoms with Gasteiger partial charge in [-0.15, -0.1) is 0 Å². The van der Waals surface area contributed by atoms with Crippen molar-refractivity contribution in [2.75, 3.05) is 32.2 Å². The normalized spacial score (nSPS) is 20.3. The van der Waals surface area contributed by atoms with Gasteiger partial charge in [0.15, 0.2) is 6.10 Å². The van der Waals surface area contributed by atoms with Crippen molar-refractivity contribution in [1.29, 1.82) is 0 Å². The van der Waals surface area contributed by atoms with Crippen molar-refractivity contribution in [1.82, 2.24) is 4.98 Å². The third kappa shape index (κ3) is 5.13. The number of ether oxygens (including phenoxy) is 3. The van der Waals surface area contributed by atoms with Gasteiger partial charge in [0.2, 0.25) is 0 Å². The summed E-state index contributed by atoms with van der Waals surface area (Å²) in [4.78, 5) is 13.2. The Hall–Kier alpha value is -3.78. The van der Waals surface area contributed by atoms with Crippen molar-refractivity contribution < 1.29 is 24.2 Å². The summed E-state index contributed by atoms with van der Waals surface area (Å²) in [7, 11) is 3.21. The van der Waals surface area contributed by atoms with E-state index in [2.05, 4.69) is 30.0 Å². The monoisotopic (exact) mass is 517 g/mol. The van der Waals surface area contributed by atoms with Gasteiger partial charge in [-0.2, -0.15) is 0 Å². The van der Waals surface area contributed by atoms with Gasteiger partial charge >= 0.3 is 0 Å². The van der Waals surface area contributed by atoms with Crippen LogP contribution in [-0.2, 0) is 11.3 Å². The minimum atomic E-state index is -1.06. The Labute approximate surface area is 223 Å². The number of aliphatic hydroxyl groups excluding tert-OH is 1. The van der Waals surface area contributed by atoms with Crippen LogP contribution in [0.2, 0.25) is 0 Å². The summed E-state index contributed by atoms with van der Waals surface area (Å²) in [5.74, 6) is 1.92. The summed E-state index contributed by atoms with van der Waals surface area (Å²) in [5, 5.41) is 16.0. The van der Waals surface area contributed by atoms with E-state index in [9.17, 15) is 5.11 Å². The van der Waals surface area contributed by atoms with E-state index in [1.54, 1.807) is 14.2 Å². The maximum Gasteiger partial charge on any atom is 0.156 e. The molecule has 5 rings (SSSR count). The first-order valence-corrected chi connectivity index (χ1v) is 13.0. The summed E-state index contributed by atoms with van der Waals surface area (Å²) in [6.07, 6.45) is 0.0830. The second-order valence-corrected chi connectivity index (χ2v) is 9.92. The molecule has 0 radical (unpaired) electrons. The van der Waals surface area contributed by atoms with Gasteiger partial charge < -0.3 is 29.1 Å². The standard InChI is InChI=1S/C30H35N3O5/c1-18-14-26-25(31-20(18)3)10-7-13-33(26)17-19(2)38-32-28-24-16-23(36-5)11-12-27(24)37-30(29(28)34)21-8-6-9-22(15-21)35-4/h6,8-9,11-12,14-16,19,29-30,34H,7,10,13,17H2,1-5H3/b32-28+/t19-,29+,30-/m1/s1. The second-order valence-electron chi connectivity index (χ2n) is 9.92. The van der Waals surface area contributed by atoms with Crippen molar-refractivity contribution in [2.24, 2.45) is 5.16 Å². The SMILES string of the molecule is COc1cccc([C@H]2Oc3ccc(OC)cc3/C(=N\O[C@H](C)CN3CCCc4nc(C)c(C)cc43)[C@@H]2O)c1. The number of hydrogen-bond acceptors (Lipinski definition) is 8. The zero-order valence-electron chi connectivity index (χ0n) is 22.6. The number of benzene rings is 2. The first kappa shape index (κ1) is 25.9. The van der Waals surface area contributed by atoms with E-state index in [-0.39, 0.29) is 6.10 Å². The summed E-state index contributed by atoms with van der Waals surface area (Å²) in [6, 6.07) is 15.2. The van der Waals surface area contributed by atoms with Crippen LogP contribution >= 0.6 is 0 Å². The minimum Gasteiger partial charge on any atom is -0.497 e. The molecule has 0 fully saturated rings. The van der Waals surface area contributed by atoms with Crippen LogP contribution in [0.4, 0.5) is 5.69 Å². The van der Waals surface area contributed by atoms with Crippen LogP contribution in [0.1, 0.15) is 47.5 Å². The number of rotatable bonds is 7. The van der Waals surface area contributed by atoms with Gasteiger partial charge in [-0.1, -0.05) is 17.3 Å². The molecule has 2 aliphatic rings. The molecule has 0 saturated heterocycles. The van der Waals surface area contributed by atoms with Gasteiger partial charge in [-0.3, -0.25) is 4.98 Å². The molecule has 38 heavy (non-hydrogen) atoms. The minimum absolute atomic E-state index is 0.227. The van der Waals surface area contributed by atoms with E-state index < -0.39 is 12.2 Å². The molecule has 0 saturated carbocycles. The van der Waals surface area contributed by atoms with Gasteiger partial charge in [0, 0.05) is 17.8 Å². The van der Waals surface area contributed by atoms with E-state index in [1.165, 1.54) is 11.3 Å². The maximum atomic E-state index is 11.4. The highest BCUT2D eigenvalue weighted by atomic mass is 16.6. The number of fused-ring (bicyclic) bond motifs is 2. The predicted octanol–water partition coefficient (Wildman–Crippen LogP) is 4.77. The quantitative estimate of drug-likeness (QED) is 0.452. The van der Waals surface area contributed by atoms with Crippen LogP contribution < -0.4 is 19.1 Å². The Balaban J connectivity index is 1.41. The average Bonchev–Trinajstić information content (AvgIpc) is 2.93. The molecule has 200 valence electrons. The topological polar surface area (TPSA) is 85.6 Å². The Kier molecular flexibility index (Phi) is 7.42. The van der Waals surface area contributed by atoms with Crippen LogP contribution in [0.3, 0.4) is 0 Å². The Bertz CT molecular complexity index is 1340. The highest BCUT2D eigenvalue weighted by Crippen LogP contribution is 2.38. The molecule has 2 aliphatic heterocycles. The lowest BCUT2D eigenvalue weighted by molar-refractivity contribution is 0.0512. The fraction of sp³-hybridized carbons (Fsp3) is 0.400. The number of aryl methyl sites for hydroxylation is 3. The Morgan fingerprint density at radius 3 is 2.68 bits per heavy atom. The summed E-state index contributed by atoms with van der Waals surface area (Å²) < 4.78 is 17.0. The summed E-state index contributed by atoms with van der Waals surface area (Å²) >= 11 is 0. The van der Waals surface area contributed by atoms with Gasteiger partial charge in [-0.25, -0.2) is 0 Å². The first-order valence-electron chi connectivity index (χ1n) is 13.0. The molecule has 3 aromatic rings. The number of nitrogens with zero attached hydrogens (tertiary/aromatic N) is 3. The zero-order chi connectivity index (χ0) is 26.8. The van der Waals surface area contributed by atoms with Crippen molar-refractivity contribution in [2.45, 2.75) is 51.9 Å². The molecule has 1 N–H and O–H groups in total.